The Morgan fingerprint density at radius 2 is 0.960 bits per heavy atom. The van der Waals surface area contributed by atoms with Crippen molar-refractivity contribution in [1.82, 2.24) is 5.32 Å². The Hall–Kier alpha value is -1.34. The van der Waals surface area contributed by atoms with Crippen LogP contribution in [0.15, 0.2) is 24.4 Å². The summed E-state index contributed by atoms with van der Waals surface area (Å²) in [4.78, 5) is 24.2. The Morgan fingerprint density at radius 3 is 1.36 bits per heavy atom. The van der Waals surface area contributed by atoms with Gasteiger partial charge in [-0.3, -0.25) is 9.28 Å². The zero-order valence-corrected chi connectivity index (χ0v) is 34.9. The average Bonchev–Trinajstić information content (AvgIpc) is 3.10. The van der Waals surface area contributed by atoms with Gasteiger partial charge in [0.15, 0.2) is 0 Å². The van der Waals surface area contributed by atoms with E-state index in [2.05, 4.69) is 43.6 Å². The van der Waals surface area contributed by atoms with Gasteiger partial charge in [-0.15, -0.1) is 0 Å². The molecule has 1 N–H and O–H groups in total. The van der Waals surface area contributed by atoms with E-state index in [1.807, 2.05) is 0 Å². The van der Waals surface area contributed by atoms with Crippen LogP contribution in [0, 0.1) is 5.92 Å². The SMILES string of the molecule is CCCCCCCCCCCCCCCC[N+]1(CCCCCCCCCCCCCC)C=CC=CC1CNC(=O)OCCOC(=O)C(C)C.[Br-]. The topological polar surface area (TPSA) is 64.6 Å². The van der Waals surface area contributed by atoms with E-state index < -0.39 is 6.09 Å². The van der Waals surface area contributed by atoms with Crippen molar-refractivity contribution in [2.75, 3.05) is 32.8 Å². The minimum absolute atomic E-state index is 0. The summed E-state index contributed by atoms with van der Waals surface area (Å²) in [5.74, 6) is -0.456. The Morgan fingerprint density at radius 1 is 0.580 bits per heavy atom. The number of rotatable bonds is 34. The van der Waals surface area contributed by atoms with Crippen LogP contribution in [0.4, 0.5) is 4.79 Å². The molecular weight excluding hydrogens is 688 g/mol. The summed E-state index contributed by atoms with van der Waals surface area (Å²) in [6.45, 7) is 11.1. The van der Waals surface area contributed by atoms with Crippen LogP contribution in [-0.4, -0.2) is 55.4 Å². The van der Waals surface area contributed by atoms with Gasteiger partial charge in [-0.05, 0) is 37.8 Å². The standard InChI is InChI=1S/C43H80N2O4.BrH/c1-5-7-9-11-13-15-17-19-20-22-24-26-28-31-35-45(34-30-27-25-23-21-18-16-14-12-10-8-6-2)36-32-29-33-41(45)39-44-43(47)49-38-37-48-42(46)40(3)4;/h29,32-33,36,40-41H,5-28,30-31,34-35,37-39H2,1-4H3;1H. The van der Waals surface area contributed by atoms with Gasteiger partial charge in [-0.1, -0.05) is 175 Å². The molecule has 0 aromatic rings. The minimum Gasteiger partial charge on any atom is -1.00 e. The highest BCUT2D eigenvalue weighted by Crippen LogP contribution is 2.25. The lowest BCUT2D eigenvalue weighted by atomic mass is 10.0. The van der Waals surface area contributed by atoms with Crippen LogP contribution in [0.1, 0.15) is 195 Å². The monoisotopic (exact) mass is 769 g/mol. The van der Waals surface area contributed by atoms with E-state index >= 15 is 0 Å². The van der Waals surface area contributed by atoms with Crippen molar-refractivity contribution in [3.8, 4) is 0 Å². The van der Waals surface area contributed by atoms with Gasteiger partial charge in [0.2, 0.25) is 0 Å². The first kappa shape index (κ1) is 48.7. The second kappa shape index (κ2) is 34.7. The van der Waals surface area contributed by atoms with E-state index in [-0.39, 0.29) is 48.1 Å². The molecule has 1 aliphatic heterocycles. The molecule has 7 heteroatoms. The van der Waals surface area contributed by atoms with Crippen LogP contribution in [0.5, 0.6) is 0 Å². The van der Waals surface area contributed by atoms with Crippen molar-refractivity contribution in [3.63, 3.8) is 0 Å². The minimum atomic E-state index is -0.441. The molecule has 6 nitrogen and oxygen atoms in total. The van der Waals surface area contributed by atoms with Crippen LogP contribution in [0.3, 0.4) is 0 Å². The number of unbranched alkanes of at least 4 members (excludes halogenated alkanes) is 24. The second-order valence-corrected chi connectivity index (χ2v) is 15.2. The highest BCUT2D eigenvalue weighted by molar-refractivity contribution is 5.71. The predicted octanol–water partition coefficient (Wildman–Crippen LogP) is 9.37. The number of alkyl carbamates (subject to hydrolysis) is 1. The molecule has 0 aliphatic carbocycles. The molecule has 0 saturated heterocycles. The number of nitrogens with zero attached hydrogens (tertiary/aromatic N) is 1. The normalized spacial score (nSPS) is 16.8. The molecule has 294 valence electrons. The number of hydrogen-bond acceptors (Lipinski definition) is 4. The number of hydrogen-bond donors (Lipinski definition) is 1. The van der Waals surface area contributed by atoms with Gasteiger partial charge in [-0.25, -0.2) is 4.79 Å². The molecule has 1 heterocycles. The van der Waals surface area contributed by atoms with Crippen LogP contribution in [-0.2, 0) is 14.3 Å². The summed E-state index contributed by atoms with van der Waals surface area (Å²) < 4.78 is 11.4. The van der Waals surface area contributed by atoms with Gasteiger partial charge >= 0.3 is 12.1 Å². The third-order valence-electron chi connectivity index (χ3n) is 10.3. The first-order chi connectivity index (χ1) is 23.9. The Labute approximate surface area is 320 Å². The largest absolute Gasteiger partial charge is 1.00 e. The number of carbonyl (C=O) groups excluding carboxylic acids is 2. The van der Waals surface area contributed by atoms with Crippen molar-refractivity contribution in [3.05, 3.63) is 24.4 Å². The molecule has 0 fully saturated rings. The van der Waals surface area contributed by atoms with Gasteiger partial charge in [0.05, 0.1) is 31.8 Å². The van der Waals surface area contributed by atoms with Crippen molar-refractivity contribution >= 4 is 12.1 Å². The predicted molar refractivity (Wildman–Crippen MR) is 209 cm³/mol. The Bertz CT molecular complexity index is 849. The summed E-state index contributed by atoms with van der Waals surface area (Å²) in [6, 6.07) is 0.200. The molecule has 0 radical (unpaired) electrons. The highest BCUT2D eigenvalue weighted by Gasteiger charge is 2.34. The van der Waals surface area contributed by atoms with Gasteiger partial charge in [-0.2, -0.15) is 0 Å². The third-order valence-corrected chi connectivity index (χ3v) is 10.3. The number of ether oxygens (including phenoxy) is 2. The van der Waals surface area contributed by atoms with Crippen LogP contribution in [0.25, 0.3) is 0 Å². The number of allylic oxidation sites excluding steroid dienone is 2. The summed E-state index contributed by atoms with van der Waals surface area (Å²) in [7, 11) is 0. The summed E-state index contributed by atoms with van der Waals surface area (Å²) in [6.07, 6.45) is 44.1. The molecule has 2 atom stereocenters. The van der Waals surface area contributed by atoms with E-state index in [9.17, 15) is 9.59 Å². The lowest BCUT2D eigenvalue weighted by molar-refractivity contribution is -0.897. The summed E-state index contributed by atoms with van der Waals surface area (Å²) in [5, 5.41) is 3.01. The van der Waals surface area contributed by atoms with Crippen LogP contribution < -0.4 is 22.3 Å². The molecule has 0 bridgehead atoms. The van der Waals surface area contributed by atoms with Gasteiger partial charge < -0.3 is 31.8 Å². The lowest BCUT2D eigenvalue weighted by Gasteiger charge is -2.42. The van der Waals surface area contributed by atoms with Crippen LogP contribution >= 0.6 is 0 Å². The van der Waals surface area contributed by atoms with E-state index in [0.29, 0.717) is 6.54 Å². The average molecular weight is 770 g/mol. The van der Waals surface area contributed by atoms with Crippen molar-refractivity contribution < 1.29 is 40.5 Å². The maximum Gasteiger partial charge on any atom is 0.407 e. The zero-order valence-electron chi connectivity index (χ0n) is 33.3. The molecular formula is C43H81BrN2O4. The number of halogens is 1. The Kier molecular flexibility index (Phi) is 33.8. The molecule has 0 spiro atoms. The van der Waals surface area contributed by atoms with Crippen LogP contribution in [0.2, 0.25) is 0 Å². The Balaban J connectivity index is 0.0000240. The lowest BCUT2D eigenvalue weighted by Crippen LogP contribution is -3.00. The first-order valence-electron chi connectivity index (χ1n) is 21.2. The third kappa shape index (κ3) is 26.4. The zero-order chi connectivity index (χ0) is 35.7. The molecule has 1 rings (SSSR count). The fourth-order valence-electron chi connectivity index (χ4n) is 7.07. The molecule has 1 amide bonds. The van der Waals surface area contributed by atoms with E-state index in [1.54, 1.807) is 13.8 Å². The van der Waals surface area contributed by atoms with E-state index in [1.165, 1.54) is 167 Å². The fourth-order valence-corrected chi connectivity index (χ4v) is 7.07. The number of carbonyl (C=O) groups is 2. The van der Waals surface area contributed by atoms with Gasteiger partial charge in [0.1, 0.15) is 19.3 Å². The smallest absolute Gasteiger partial charge is 0.407 e. The summed E-state index contributed by atoms with van der Waals surface area (Å²) in [5.41, 5.74) is 0. The van der Waals surface area contributed by atoms with Crippen molar-refractivity contribution in [2.24, 2.45) is 5.92 Å². The molecule has 0 aromatic heterocycles. The molecule has 2 unspecified atom stereocenters. The maximum atomic E-state index is 12.5. The molecule has 50 heavy (non-hydrogen) atoms. The number of quaternary nitrogens is 1. The van der Waals surface area contributed by atoms with E-state index in [4.69, 9.17) is 9.47 Å². The van der Waals surface area contributed by atoms with E-state index in [0.717, 1.165) is 17.6 Å². The quantitative estimate of drug-likeness (QED) is 0.0403. The van der Waals surface area contributed by atoms with Crippen molar-refractivity contribution in [2.45, 2.75) is 201 Å². The molecule has 0 saturated carbocycles. The first-order valence-corrected chi connectivity index (χ1v) is 21.2. The fraction of sp³-hybridized carbons (Fsp3) is 0.860. The number of esters is 1. The van der Waals surface area contributed by atoms with Crippen molar-refractivity contribution in [1.29, 1.82) is 0 Å². The number of nitrogens with one attached hydrogen (secondary N) is 1. The molecule has 1 aliphatic rings. The molecule has 0 aromatic carbocycles. The highest BCUT2D eigenvalue weighted by atomic mass is 79.9. The second-order valence-electron chi connectivity index (χ2n) is 15.2. The maximum absolute atomic E-state index is 12.5. The number of amides is 1. The summed E-state index contributed by atoms with van der Waals surface area (Å²) >= 11 is 0. The van der Waals surface area contributed by atoms with Gasteiger partial charge in [0, 0.05) is 0 Å². The van der Waals surface area contributed by atoms with Gasteiger partial charge in [0.25, 0.3) is 0 Å².